The highest BCUT2D eigenvalue weighted by atomic mass is 16.5. The van der Waals surface area contributed by atoms with Crippen LogP contribution in [0.2, 0.25) is 0 Å². The number of nitrogens with one attached hydrogen (secondary N) is 1. The Labute approximate surface area is 127 Å². The molecule has 0 heterocycles. The zero-order chi connectivity index (χ0) is 14.9. The van der Waals surface area contributed by atoms with E-state index >= 15 is 0 Å². The van der Waals surface area contributed by atoms with Gasteiger partial charge in [-0.25, -0.2) is 0 Å². The smallest absolute Gasteiger partial charge is 0.161 e. The molecule has 118 valence electrons. The van der Waals surface area contributed by atoms with E-state index in [2.05, 4.69) is 17.4 Å². The molecule has 4 nitrogen and oxygen atoms in total. The van der Waals surface area contributed by atoms with Gasteiger partial charge in [-0.1, -0.05) is 18.9 Å². The van der Waals surface area contributed by atoms with Gasteiger partial charge in [0.1, 0.15) is 0 Å². The molecular formula is C17H27NO3. The van der Waals surface area contributed by atoms with Crippen molar-refractivity contribution < 1.29 is 14.2 Å². The van der Waals surface area contributed by atoms with Crippen LogP contribution in [0.5, 0.6) is 11.5 Å². The van der Waals surface area contributed by atoms with Crippen LogP contribution >= 0.6 is 0 Å². The lowest BCUT2D eigenvalue weighted by Crippen LogP contribution is -2.18. The first-order valence-electron chi connectivity index (χ1n) is 7.83. The van der Waals surface area contributed by atoms with Crippen molar-refractivity contribution in [3.63, 3.8) is 0 Å². The summed E-state index contributed by atoms with van der Waals surface area (Å²) in [7, 11) is 3.40. The lowest BCUT2D eigenvalue weighted by atomic mass is 10.1. The molecule has 0 spiro atoms. The van der Waals surface area contributed by atoms with E-state index in [4.69, 9.17) is 14.2 Å². The summed E-state index contributed by atoms with van der Waals surface area (Å²) in [5.41, 5.74) is 1.20. The Bertz CT molecular complexity index is 416. The van der Waals surface area contributed by atoms with Crippen molar-refractivity contribution in [1.82, 2.24) is 5.32 Å². The zero-order valence-electron chi connectivity index (χ0n) is 13.2. The first-order chi connectivity index (χ1) is 10.3. The van der Waals surface area contributed by atoms with E-state index in [0.29, 0.717) is 5.92 Å². The van der Waals surface area contributed by atoms with Crippen molar-refractivity contribution in [3.8, 4) is 11.5 Å². The van der Waals surface area contributed by atoms with E-state index in [1.807, 2.05) is 6.07 Å². The first kappa shape index (κ1) is 16.1. The largest absolute Gasteiger partial charge is 0.493 e. The van der Waals surface area contributed by atoms with Gasteiger partial charge < -0.3 is 19.5 Å². The van der Waals surface area contributed by atoms with Crippen molar-refractivity contribution in [2.24, 2.45) is 5.92 Å². The SMILES string of the molecule is COCCNCc1ccc(OC)c(OCC2CCCC2)c1. The van der Waals surface area contributed by atoms with Crippen LogP contribution in [0.4, 0.5) is 0 Å². The number of benzene rings is 1. The quantitative estimate of drug-likeness (QED) is 0.711. The second-order valence-corrected chi connectivity index (χ2v) is 5.62. The van der Waals surface area contributed by atoms with Crippen LogP contribution in [-0.2, 0) is 11.3 Å². The number of ether oxygens (including phenoxy) is 3. The molecule has 0 aromatic heterocycles. The average molecular weight is 293 g/mol. The molecule has 0 bridgehead atoms. The Morgan fingerprint density at radius 3 is 2.67 bits per heavy atom. The fourth-order valence-electron chi connectivity index (χ4n) is 2.74. The lowest BCUT2D eigenvalue weighted by molar-refractivity contribution is 0.199. The summed E-state index contributed by atoms with van der Waals surface area (Å²) in [5.74, 6) is 2.38. The highest BCUT2D eigenvalue weighted by Gasteiger charge is 2.16. The molecule has 2 rings (SSSR count). The van der Waals surface area contributed by atoms with Crippen LogP contribution in [0.3, 0.4) is 0 Å². The molecule has 4 heteroatoms. The van der Waals surface area contributed by atoms with Crippen LogP contribution in [0, 0.1) is 5.92 Å². The van der Waals surface area contributed by atoms with E-state index in [-0.39, 0.29) is 0 Å². The molecule has 1 aromatic rings. The predicted octanol–water partition coefficient (Wildman–Crippen LogP) is 3.00. The average Bonchev–Trinajstić information content (AvgIpc) is 3.03. The fourth-order valence-corrected chi connectivity index (χ4v) is 2.74. The minimum Gasteiger partial charge on any atom is -0.493 e. The van der Waals surface area contributed by atoms with Crippen LogP contribution in [-0.4, -0.2) is 34.0 Å². The van der Waals surface area contributed by atoms with E-state index in [9.17, 15) is 0 Å². The topological polar surface area (TPSA) is 39.7 Å². The standard InChI is InChI=1S/C17H27NO3/c1-19-10-9-18-12-15-7-8-16(20-2)17(11-15)21-13-14-5-3-4-6-14/h7-8,11,14,18H,3-6,9-10,12-13H2,1-2H3. The maximum absolute atomic E-state index is 6.00. The molecule has 0 aliphatic heterocycles. The van der Waals surface area contributed by atoms with E-state index in [1.165, 1.54) is 31.2 Å². The van der Waals surface area contributed by atoms with Crippen LogP contribution in [0.15, 0.2) is 18.2 Å². The third-order valence-corrected chi connectivity index (χ3v) is 3.99. The normalized spacial score (nSPS) is 15.3. The second kappa shape index (κ2) is 8.90. The third kappa shape index (κ3) is 5.21. The van der Waals surface area contributed by atoms with Crippen molar-refractivity contribution in [3.05, 3.63) is 23.8 Å². The predicted molar refractivity (Wildman–Crippen MR) is 84.0 cm³/mol. The second-order valence-electron chi connectivity index (χ2n) is 5.62. The van der Waals surface area contributed by atoms with E-state index in [0.717, 1.165) is 37.8 Å². The molecule has 0 radical (unpaired) electrons. The minimum absolute atomic E-state index is 0.707. The van der Waals surface area contributed by atoms with E-state index < -0.39 is 0 Å². The summed E-state index contributed by atoms with van der Waals surface area (Å²) in [4.78, 5) is 0. The molecule has 0 amide bonds. The van der Waals surface area contributed by atoms with Gasteiger partial charge in [0.05, 0.1) is 20.3 Å². The fraction of sp³-hybridized carbons (Fsp3) is 0.647. The van der Waals surface area contributed by atoms with E-state index in [1.54, 1.807) is 14.2 Å². The van der Waals surface area contributed by atoms with Gasteiger partial charge in [0.15, 0.2) is 11.5 Å². The van der Waals surface area contributed by atoms with Gasteiger partial charge in [0.2, 0.25) is 0 Å². The van der Waals surface area contributed by atoms with Crippen molar-refractivity contribution in [2.75, 3.05) is 34.0 Å². The summed E-state index contributed by atoms with van der Waals surface area (Å²) < 4.78 is 16.4. The Kier molecular flexibility index (Phi) is 6.83. The molecule has 1 aromatic carbocycles. The molecule has 1 N–H and O–H groups in total. The van der Waals surface area contributed by atoms with Gasteiger partial charge in [-0.15, -0.1) is 0 Å². The van der Waals surface area contributed by atoms with Crippen LogP contribution < -0.4 is 14.8 Å². The number of methoxy groups -OCH3 is 2. The maximum atomic E-state index is 6.00. The monoisotopic (exact) mass is 293 g/mol. The Morgan fingerprint density at radius 1 is 1.14 bits per heavy atom. The number of hydrogen-bond acceptors (Lipinski definition) is 4. The summed E-state index contributed by atoms with van der Waals surface area (Å²) in [5, 5.41) is 3.34. The lowest BCUT2D eigenvalue weighted by Gasteiger charge is -2.15. The number of rotatable bonds is 9. The molecule has 0 saturated heterocycles. The van der Waals surface area contributed by atoms with Gasteiger partial charge >= 0.3 is 0 Å². The van der Waals surface area contributed by atoms with Gasteiger partial charge in [0, 0.05) is 20.2 Å². The van der Waals surface area contributed by atoms with Crippen LogP contribution in [0.1, 0.15) is 31.2 Å². The maximum Gasteiger partial charge on any atom is 0.161 e. The molecule has 1 aliphatic rings. The zero-order valence-corrected chi connectivity index (χ0v) is 13.2. The summed E-state index contributed by atoms with van der Waals surface area (Å²) in [6, 6.07) is 6.13. The number of hydrogen-bond donors (Lipinski definition) is 1. The molecule has 0 unspecified atom stereocenters. The van der Waals surface area contributed by atoms with Gasteiger partial charge in [-0.2, -0.15) is 0 Å². The summed E-state index contributed by atoms with van der Waals surface area (Å²) in [6.45, 7) is 3.19. The minimum atomic E-state index is 0.707. The molecular weight excluding hydrogens is 266 g/mol. The highest BCUT2D eigenvalue weighted by molar-refractivity contribution is 5.43. The Morgan fingerprint density at radius 2 is 1.95 bits per heavy atom. The molecule has 1 saturated carbocycles. The highest BCUT2D eigenvalue weighted by Crippen LogP contribution is 2.31. The van der Waals surface area contributed by atoms with Gasteiger partial charge in [0.25, 0.3) is 0 Å². The van der Waals surface area contributed by atoms with Crippen molar-refractivity contribution in [1.29, 1.82) is 0 Å². The van der Waals surface area contributed by atoms with Crippen LogP contribution in [0.25, 0.3) is 0 Å². The molecule has 0 atom stereocenters. The molecule has 1 fully saturated rings. The van der Waals surface area contributed by atoms with Gasteiger partial charge in [-0.05, 0) is 36.5 Å². The first-order valence-corrected chi connectivity index (χ1v) is 7.83. The molecule has 1 aliphatic carbocycles. The van der Waals surface area contributed by atoms with Crippen molar-refractivity contribution in [2.45, 2.75) is 32.2 Å². The summed E-state index contributed by atoms with van der Waals surface area (Å²) in [6.07, 6.45) is 5.27. The Balaban J connectivity index is 1.89. The third-order valence-electron chi connectivity index (χ3n) is 3.99. The van der Waals surface area contributed by atoms with Crippen molar-refractivity contribution >= 4 is 0 Å². The summed E-state index contributed by atoms with van der Waals surface area (Å²) >= 11 is 0. The molecule has 21 heavy (non-hydrogen) atoms. The Hall–Kier alpha value is -1.26. The van der Waals surface area contributed by atoms with Gasteiger partial charge in [-0.3, -0.25) is 0 Å².